The van der Waals surface area contributed by atoms with Crippen molar-refractivity contribution in [3.63, 3.8) is 0 Å². The molecule has 0 aromatic heterocycles. The maximum Gasteiger partial charge on any atom is 0.338 e. The highest BCUT2D eigenvalue weighted by Gasteiger charge is 2.08. The van der Waals surface area contributed by atoms with Gasteiger partial charge in [-0.25, -0.2) is 4.79 Å². The van der Waals surface area contributed by atoms with Gasteiger partial charge in [0.15, 0.2) is 0 Å². The normalized spacial score (nSPS) is 10.5. The van der Waals surface area contributed by atoms with Crippen LogP contribution in [0.5, 0.6) is 0 Å². The first kappa shape index (κ1) is 13.8. The molecule has 0 amide bonds. The van der Waals surface area contributed by atoms with Crippen molar-refractivity contribution in [1.29, 1.82) is 0 Å². The minimum atomic E-state index is -0.280. The van der Waals surface area contributed by atoms with E-state index in [-0.39, 0.29) is 12.1 Å². The summed E-state index contributed by atoms with van der Waals surface area (Å²) < 4.78 is 6.20. The monoisotopic (exact) mass is 318 g/mol. The van der Waals surface area contributed by atoms with Crippen molar-refractivity contribution in [2.75, 3.05) is 0 Å². The minimum Gasteiger partial charge on any atom is -0.459 e. The van der Waals surface area contributed by atoms with Gasteiger partial charge in [0.2, 0.25) is 0 Å². The van der Waals surface area contributed by atoms with Crippen LogP contribution in [0.3, 0.4) is 0 Å². The summed E-state index contributed by atoms with van der Waals surface area (Å²) in [7, 11) is 0. The third-order valence-electron chi connectivity index (χ3n) is 2.64. The Morgan fingerprint density at radius 1 is 0.947 bits per heavy atom. The van der Waals surface area contributed by atoms with Crippen molar-refractivity contribution in [2.45, 2.75) is 20.0 Å². The second kappa shape index (κ2) is 6.02. The van der Waals surface area contributed by atoms with Crippen molar-refractivity contribution >= 4 is 21.9 Å². The van der Waals surface area contributed by atoms with Gasteiger partial charge in [-0.2, -0.15) is 0 Å². The van der Waals surface area contributed by atoms with Crippen LogP contribution in [0.15, 0.2) is 53.0 Å². The SMILES string of the molecule is CC(C)OC(=O)c1ccc(-c2ccc(Br)cc2)cc1. The highest BCUT2D eigenvalue weighted by Crippen LogP contribution is 2.22. The fraction of sp³-hybridized carbons (Fsp3) is 0.188. The van der Waals surface area contributed by atoms with Gasteiger partial charge < -0.3 is 4.74 Å². The zero-order valence-corrected chi connectivity index (χ0v) is 12.5. The molecule has 0 saturated heterocycles. The Hall–Kier alpha value is -1.61. The van der Waals surface area contributed by atoms with Crippen LogP contribution < -0.4 is 0 Å². The number of halogens is 1. The first-order valence-corrected chi connectivity index (χ1v) is 6.92. The Morgan fingerprint density at radius 2 is 1.42 bits per heavy atom. The summed E-state index contributed by atoms with van der Waals surface area (Å²) >= 11 is 3.41. The van der Waals surface area contributed by atoms with Crippen molar-refractivity contribution < 1.29 is 9.53 Å². The average Bonchev–Trinajstić information content (AvgIpc) is 2.39. The molecular weight excluding hydrogens is 304 g/mol. The number of hydrogen-bond donors (Lipinski definition) is 0. The van der Waals surface area contributed by atoms with Gasteiger partial charge in [-0.05, 0) is 49.2 Å². The molecule has 19 heavy (non-hydrogen) atoms. The number of hydrogen-bond acceptors (Lipinski definition) is 2. The maximum absolute atomic E-state index is 11.7. The van der Waals surface area contributed by atoms with Gasteiger partial charge in [0, 0.05) is 4.47 Å². The number of rotatable bonds is 3. The van der Waals surface area contributed by atoms with Crippen LogP contribution in [-0.2, 0) is 4.74 Å². The Kier molecular flexibility index (Phi) is 4.38. The molecular formula is C16H15BrO2. The van der Waals surface area contributed by atoms with Crippen LogP contribution in [0.25, 0.3) is 11.1 Å². The molecule has 0 spiro atoms. The van der Waals surface area contributed by atoms with Gasteiger partial charge in [-0.1, -0.05) is 40.2 Å². The van der Waals surface area contributed by atoms with Crippen molar-refractivity contribution in [1.82, 2.24) is 0 Å². The van der Waals surface area contributed by atoms with Gasteiger partial charge in [0.1, 0.15) is 0 Å². The van der Waals surface area contributed by atoms with Gasteiger partial charge in [0.05, 0.1) is 11.7 Å². The molecule has 98 valence electrons. The lowest BCUT2D eigenvalue weighted by Crippen LogP contribution is -2.11. The van der Waals surface area contributed by atoms with Crippen LogP contribution in [0.1, 0.15) is 24.2 Å². The second-order valence-corrected chi connectivity index (χ2v) is 5.45. The van der Waals surface area contributed by atoms with E-state index in [4.69, 9.17) is 4.74 Å². The van der Waals surface area contributed by atoms with Gasteiger partial charge >= 0.3 is 5.97 Å². The van der Waals surface area contributed by atoms with E-state index in [0.29, 0.717) is 5.56 Å². The van der Waals surface area contributed by atoms with Gasteiger partial charge in [-0.3, -0.25) is 0 Å². The predicted molar refractivity (Wildman–Crippen MR) is 80.1 cm³/mol. The molecule has 0 saturated carbocycles. The lowest BCUT2D eigenvalue weighted by molar-refractivity contribution is 0.0378. The molecule has 0 fully saturated rings. The molecule has 3 heteroatoms. The molecule has 0 radical (unpaired) electrons. The highest BCUT2D eigenvalue weighted by atomic mass is 79.9. The molecule has 2 nitrogen and oxygen atoms in total. The van der Waals surface area contributed by atoms with Crippen molar-refractivity contribution in [2.24, 2.45) is 0 Å². The zero-order chi connectivity index (χ0) is 13.8. The number of carbonyl (C=O) groups is 1. The molecule has 0 unspecified atom stereocenters. The summed E-state index contributed by atoms with van der Waals surface area (Å²) in [6, 6.07) is 15.5. The minimum absolute atomic E-state index is 0.0985. The number of benzene rings is 2. The fourth-order valence-electron chi connectivity index (χ4n) is 1.72. The summed E-state index contributed by atoms with van der Waals surface area (Å²) in [6.45, 7) is 3.68. The van der Waals surface area contributed by atoms with Crippen molar-refractivity contribution in [3.05, 3.63) is 58.6 Å². The first-order chi connectivity index (χ1) is 9.06. The van der Waals surface area contributed by atoms with Crippen LogP contribution >= 0.6 is 15.9 Å². The summed E-state index contributed by atoms with van der Waals surface area (Å²) in [5, 5.41) is 0. The molecule has 0 heterocycles. The lowest BCUT2D eigenvalue weighted by atomic mass is 10.0. The molecule has 2 aromatic carbocycles. The quantitative estimate of drug-likeness (QED) is 0.768. The second-order valence-electron chi connectivity index (χ2n) is 4.54. The lowest BCUT2D eigenvalue weighted by Gasteiger charge is -2.08. The molecule has 0 N–H and O–H groups in total. The van der Waals surface area contributed by atoms with Gasteiger partial charge in [0.25, 0.3) is 0 Å². The number of esters is 1. The van der Waals surface area contributed by atoms with Gasteiger partial charge in [-0.15, -0.1) is 0 Å². The summed E-state index contributed by atoms with van der Waals surface area (Å²) in [4.78, 5) is 11.7. The van der Waals surface area contributed by atoms with Crippen molar-refractivity contribution in [3.8, 4) is 11.1 Å². The number of ether oxygens (including phenoxy) is 1. The van der Waals surface area contributed by atoms with Crippen LogP contribution in [0.2, 0.25) is 0 Å². The van der Waals surface area contributed by atoms with E-state index in [2.05, 4.69) is 15.9 Å². The largest absolute Gasteiger partial charge is 0.459 e. The van der Waals surface area contributed by atoms with E-state index < -0.39 is 0 Å². The molecule has 0 aliphatic rings. The number of carbonyl (C=O) groups excluding carboxylic acids is 1. The van der Waals surface area contributed by atoms with E-state index in [0.717, 1.165) is 15.6 Å². The Balaban J connectivity index is 2.18. The maximum atomic E-state index is 11.7. The van der Waals surface area contributed by atoms with E-state index >= 15 is 0 Å². The Bertz CT molecular complexity index is 556. The summed E-state index contributed by atoms with van der Waals surface area (Å²) in [5.41, 5.74) is 2.77. The molecule has 2 rings (SSSR count). The molecule has 2 aromatic rings. The summed E-state index contributed by atoms with van der Waals surface area (Å²) in [6.07, 6.45) is -0.0985. The average molecular weight is 319 g/mol. The molecule has 0 aliphatic carbocycles. The van der Waals surface area contributed by atoms with Crippen LogP contribution in [0, 0.1) is 0 Å². The van der Waals surface area contributed by atoms with E-state index in [1.165, 1.54) is 0 Å². The molecule has 0 bridgehead atoms. The van der Waals surface area contributed by atoms with E-state index in [9.17, 15) is 4.79 Å². The Labute approximate surface area is 121 Å². The fourth-order valence-corrected chi connectivity index (χ4v) is 1.99. The van der Waals surface area contributed by atoms with Crippen LogP contribution in [0.4, 0.5) is 0 Å². The summed E-state index contributed by atoms with van der Waals surface area (Å²) in [5.74, 6) is -0.280. The van der Waals surface area contributed by atoms with Crippen LogP contribution in [-0.4, -0.2) is 12.1 Å². The smallest absolute Gasteiger partial charge is 0.338 e. The van der Waals surface area contributed by atoms with E-state index in [1.54, 1.807) is 12.1 Å². The molecule has 0 aliphatic heterocycles. The molecule has 0 atom stereocenters. The zero-order valence-electron chi connectivity index (χ0n) is 10.9. The Morgan fingerprint density at radius 3 is 1.89 bits per heavy atom. The topological polar surface area (TPSA) is 26.3 Å². The highest BCUT2D eigenvalue weighted by molar-refractivity contribution is 9.10. The predicted octanol–water partition coefficient (Wildman–Crippen LogP) is 4.68. The third kappa shape index (κ3) is 3.67. The third-order valence-corrected chi connectivity index (χ3v) is 3.17. The van der Waals surface area contributed by atoms with E-state index in [1.807, 2.05) is 50.2 Å². The first-order valence-electron chi connectivity index (χ1n) is 6.13. The standard InChI is InChI=1S/C16H15BrO2/c1-11(2)19-16(18)14-5-3-12(4-6-14)13-7-9-15(17)10-8-13/h3-11H,1-2H3.